The lowest BCUT2D eigenvalue weighted by molar-refractivity contribution is -0.139. The van der Waals surface area contributed by atoms with Gasteiger partial charge in [-0.05, 0) is 43.2 Å². The third-order valence-corrected chi connectivity index (χ3v) is 5.83. The average molecular weight is 378 g/mol. The molecule has 1 heterocycles. The highest BCUT2D eigenvalue weighted by Crippen LogP contribution is 2.36. The van der Waals surface area contributed by atoms with Crippen molar-refractivity contribution in [1.29, 1.82) is 0 Å². The number of rotatable bonds is 4. The van der Waals surface area contributed by atoms with Gasteiger partial charge in [-0.1, -0.05) is 36.7 Å². The molecule has 2 fully saturated rings. The van der Waals surface area contributed by atoms with E-state index in [1.165, 1.54) is 4.90 Å². The fourth-order valence-electron chi connectivity index (χ4n) is 3.64. The molecule has 26 heavy (non-hydrogen) atoms. The van der Waals surface area contributed by atoms with Gasteiger partial charge in [0.1, 0.15) is 12.1 Å². The van der Waals surface area contributed by atoms with Gasteiger partial charge in [-0.15, -0.1) is 0 Å². The van der Waals surface area contributed by atoms with Crippen LogP contribution in [0.2, 0.25) is 5.02 Å². The molecule has 4 amide bonds. The fraction of sp³-hybridized carbons (Fsp3) is 0.526. The first-order valence-electron chi connectivity index (χ1n) is 8.94. The van der Waals surface area contributed by atoms with Crippen molar-refractivity contribution in [3.8, 4) is 0 Å². The van der Waals surface area contributed by atoms with Crippen LogP contribution in [-0.2, 0) is 16.1 Å². The SMILES string of the molecule is CC1CCC2(CC1)NC(=O)N(CC(=O)N(C)Cc1ccccc1Cl)C2=O. The Bertz CT molecular complexity index is 728. The minimum Gasteiger partial charge on any atom is -0.340 e. The first-order valence-corrected chi connectivity index (χ1v) is 9.32. The van der Waals surface area contributed by atoms with Gasteiger partial charge in [0.25, 0.3) is 5.91 Å². The minimum atomic E-state index is -0.814. The molecule has 1 aliphatic carbocycles. The first kappa shape index (κ1) is 18.7. The zero-order chi connectivity index (χ0) is 18.9. The van der Waals surface area contributed by atoms with E-state index in [2.05, 4.69) is 12.2 Å². The van der Waals surface area contributed by atoms with E-state index in [1.807, 2.05) is 18.2 Å². The van der Waals surface area contributed by atoms with Gasteiger partial charge in [-0.2, -0.15) is 0 Å². The van der Waals surface area contributed by atoms with Crippen LogP contribution in [0.15, 0.2) is 24.3 Å². The number of likely N-dealkylation sites (N-methyl/N-ethyl adjacent to an activating group) is 1. The Balaban J connectivity index is 1.64. The largest absolute Gasteiger partial charge is 0.340 e. The standard InChI is InChI=1S/C19H24ClN3O3/c1-13-7-9-19(10-8-13)17(25)23(18(26)21-19)12-16(24)22(2)11-14-5-3-4-6-15(14)20/h3-6,13H,7-12H2,1-2H3,(H,21,26). The number of carbonyl (C=O) groups is 3. The van der Waals surface area contributed by atoms with Crippen LogP contribution < -0.4 is 5.32 Å². The second-order valence-corrected chi connectivity index (χ2v) is 7.83. The predicted octanol–water partition coefficient (Wildman–Crippen LogP) is 2.80. The van der Waals surface area contributed by atoms with Gasteiger partial charge in [0, 0.05) is 18.6 Å². The molecule has 0 radical (unpaired) electrons. The Kier molecular flexibility index (Phi) is 5.23. The van der Waals surface area contributed by atoms with Crippen LogP contribution in [0.25, 0.3) is 0 Å². The summed E-state index contributed by atoms with van der Waals surface area (Å²) in [6.07, 6.45) is 3.08. The molecule has 3 rings (SSSR count). The van der Waals surface area contributed by atoms with Gasteiger partial charge in [-0.25, -0.2) is 4.79 Å². The maximum Gasteiger partial charge on any atom is 0.325 e. The second kappa shape index (κ2) is 7.27. The molecule has 2 aliphatic rings. The molecule has 1 aliphatic heterocycles. The van der Waals surface area contributed by atoms with E-state index >= 15 is 0 Å². The molecule has 1 aromatic rings. The number of carbonyl (C=O) groups excluding carboxylic acids is 3. The van der Waals surface area contributed by atoms with Crippen LogP contribution in [0.1, 0.15) is 38.2 Å². The molecule has 140 valence electrons. The van der Waals surface area contributed by atoms with Gasteiger partial charge in [-0.3, -0.25) is 14.5 Å². The Hall–Kier alpha value is -2.08. The molecule has 1 saturated heterocycles. The van der Waals surface area contributed by atoms with E-state index in [9.17, 15) is 14.4 Å². The molecular weight excluding hydrogens is 354 g/mol. The van der Waals surface area contributed by atoms with Crippen LogP contribution in [-0.4, -0.2) is 46.8 Å². The minimum absolute atomic E-state index is 0.247. The van der Waals surface area contributed by atoms with Gasteiger partial charge in [0.2, 0.25) is 5.91 Å². The monoisotopic (exact) mass is 377 g/mol. The number of halogens is 1. The number of hydrogen-bond donors (Lipinski definition) is 1. The van der Waals surface area contributed by atoms with Crippen LogP contribution in [0, 0.1) is 5.92 Å². The summed E-state index contributed by atoms with van der Waals surface area (Å²) in [6.45, 7) is 2.23. The zero-order valence-corrected chi connectivity index (χ0v) is 15.9. The van der Waals surface area contributed by atoms with Crippen molar-refractivity contribution < 1.29 is 14.4 Å². The number of imide groups is 1. The lowest BCUT2D eigenvalue weighted by Gasteiger charge is -2.33. The third-order valence-electron chi connectivity index (χ3n) is 5.46. The van der Waals surface area contributed by atoms with E-state index in [0.29, 0.717) is 30.3 Å². The highest BCUT2D eigenvalue weighted by molar-refractivity contribution is 6.31. The van der Waals surface area contributed by atoms with E-state index in [1.54, 1.807) is 13.1 Å². The number of nitrogens with one attached hydrogen (secondary N) is 1. The van der Waals surface area contributed by atoms with Crippen LogP contribution in [0.3, 0.4) is 0 Å². The quantitative estimate of drug-likeness (QED) is 0.820. The van der Waals surface area contributed by atoms with Crippen LogP contribution >= 0.6 is 11.6 Å². The number of amides is 4. The molecule has 1 spiro atoms. The summed E-state index contributed by atoms with van der Waals surface area (Å²) < 4.78 is 0. The third kappa shape index (κ3) is 3.56. The zero-order valence-electron chi connectivity index (χ0n) is 15.1. The topological polar surface area (TPSA) is 69.7 Å². The number of urea groups is 1. The van der Waals surface area contributed by atoms with Crippen LogP contribution in [0.5, 0.6) is 0 Å². The van der Waals surface area contributed by atoms with Gasteiger partial charge < -0.3 is 10.2 Å². The number of hydrogen-bond acceptors (Lipinski definition) is 3. The van der Waals surface area contributed by atoms with Crippen molar-refractivity contribution >= 4 is 29.4 Å². The van der Waals surface area contributed by atoms with Gasteiger partial charge >= 0.3 is 6.03 Å². The Morgan fingerprint density at radius 3 is 2.62 bits per heavy atom. The summed E-state index contributed by atoms with van der Waals surface area (Å²) in [5, 5.41) is 3.42. The fourth-order valence-corrected chi connectivity index (χ4v) is 3.84. The highest BCUT2D eigenvalue weighted by atomic mass is 35.5. The summed E-state index contributed by atoms with van der Waals surface area (Å²) in [5.74, 6) is -0.00805. The first-order chi connectivity index (χ1) is 12.3. The van der Waals surface area contributed by atoms with Crippen molar-refractivity contribution in [3.63, 3.8) is 0 Å². The van der Waals surface area contributed by atoms with Gasteiger partial charge in [0.15, 0.2) is 0 Å². The second-order valence-electron chi connectivity index (χ2n) is 7.43. The molecule has 1 saturated carbocycles. The molecule has 1 aromatic carbocycles. The molecule has 0 unspecified atom stereocenters. The molecule has 0 atom stereocenters. The summed E-state index contributed by atoms with van der Waals surface area (Å²) >= 11 is 6.13. The smallest absolute Gasteiger partial charge is 0.325 e. The maximum atomic E-state index is 12.8. The Morgan fingerprint density at radius 2 is 1.96 bits per heavy atom. The highest BCUT2D eigenvalue weighted by Gasteiger charge is 2.52. The molecule has 6 nitrogen and oxygen atoms in total. The number of nitrogens with zero attached hydrogens (tertiary/aromatic N) is 2. The van der Waals surface area contributed by atoms with Crippen LogP contribution in [0.4, 0.5) is 4.79 Å². The van der Waals surface area contributed by atoms with Crippen molar-refractivity contribution in [3.05, 3.63) is 34.9 Å². The molecule has 7 heteroatoms. The predicted molar refractivity (Wildman–Crippen MR) is 98.5 cm³/mol. The van der Waals surface area contributed by atoms with Crippen molar-refractivity contribution in [2.75, 3.05) is 13.6 Å². The average Bonchev–Trinajstić information content (AvgIpc) is 2.84. The molecule has 0 aromatic heterocycles. The van der Waals surface area contributed by atoms with E-state index < -0.39 is 11.6 Å². The summed E-state index contributed by atoms with van der Waals surface area (Å²) in [6, 6.07) is 6.82. The lowest BCUT2D eigenvalue weighted by Crippen LogP contribution is -2.50. The lowest BCUT2D eigenvalue weighted by atomic mass is 9.77. The van der Waals surface area contributed by atoms with Crippen molar-refractivity contribution in [2.24, 2.45) is 5.92 Å². The normalized spacial score (nSPS) is 25.5. The summed E-state index contributed by atoms with van der Waals surface area (Å²) in [7, 11) is 1.64. The molecule has 0 bridgehead atoms. The van der Waals surface area contributed by atoms with Crippen molar-refractivity contribution in [2.45, 2.75) is 44.7 Å². The molecular formula is C19H24ClN3O3. The maximum absolute atomic E-state index is 12.8. The van der Waals surface area contributed by atoms with E-state index in [-0.39, 0.29) is 18.4 Å². The van der Waals surface area contributed by atoms with E-state index in [4.69, 9.17) is 11.6 Å². The molecule has 1 N–H and O–H groups in total. The Labute approximate surface area is 158 Å². The summed E-state index contributed by atoms with van der Waals surface area (Å²) in [4.78, 5) is 40.2. The number of benzene rings is 1. The van der Waals surface area contributed by atoms with Crippen molar-refractivity contribution in [1.82, 2.24) is 15.1 Å². The van der Waals surface area contributed by atoms with E-state index in [0.717, 1.165) is 23.3 Å². The van der Waals surface area contributed by atoms with Gasteiger partial charge in [0.05, 0.1) is 0 Å². The summed E-state index contributed by atoms with van der Waals surface area (Å²) in [5.41, 5.74) is 0.00510. The Morgan fingerprint density at radius 1 is 1.31 bits per heavy atom.